The van der Waals surface area contributed by atoms with Crippen LogP contribution in [0.1, 0.15) is 45.1 Å². The van der Waals surface area contributed by atoms with Gasteiger partial charge in [0.05, 0.1) is 13.2 Å². The summed E-state index contributed by atoms with van der Waals surface area (Å²) in [5, 5.41) is 8.50. The molecule has 0 aliphatic heterocycles. The van der Waals surface area contributed by atoms with Crippen molar-refractivity contribution in [3.63, 3.8) is 0 Å². The van der Waals surface area contributed by atoms with Crippen molar-refractivity contribution in [2.24, 2.45) is 0 Å². The van der Waals surface area contributed by atoms with Gasteiger partial charge in [-0.3, -0.25) is 0 Å². The molecule has 0 atom stereocenters. The summed E-state index contributed by atoms with van der Waals surface area (Å²) in [6.07, 6.45) is 11.8. The third kappa shape index (κ3) is 6.61. The van der Waals surface area contributed by atoms with Gasteiger partial charge in [0.25, 0.3) is 0 Å². The number of nitrogens with zero attached hydrogens (tertiary/aromatic N) is 2. The van der Waals surface area contributed by atoms with Crippen molar-refractivity contribution >= 4 is 11.8 Å². The topological polar surface area (TPSA) is 36.3 Å². The van der Waals surface area contributed by atoms with Gasteiger partial charge >= 0.3 is 0 Å². The Bertz CT molecular complexity index is 547. The van der Waals surface area contributed by atoms with E-state index >= 15 is 0 Å². The molecule has 23 heavy (non-hydrogen) atoms. The van der Waals surface area contributed by atoms with Crippen LogP contribution in [0.25, 0.3) is 6.08 Å². The molecule has 0 saturated heterocycles. The predicted molar refractivity (Wildman–Crippen MR) is 98.8 cm³/mol. The highest BCUT2D eigenvalue weighted by atomic mass is 16.5. The third-order valence-electron chi connectivity index (χ3n) is 3.70. The van der Waals surface area contributed by atoms with Crippen LogP contribution in [0.4, 0.5) is 5.69 Å². The number of benzene rings is 1. The van der Waals surface area contributed by atoms with Gasteiger partial charge in [0.1, 0.15) is 5.75 Å². The fraction of sp³-hybridized carbons (Fsp3) is 0.450. The summed E-state index contributed by atoms with van der Waals surface area (Å²) in [6.45, 7) is 6.61. The SMILES string of the molecule is CCCCN(CCCC)c1ccc(/C=C/C=C/C#N)c(OC)c1. The minimum atomic E-state index is 0.863. The van der Waals surface area contributed by atoms with Gasteiger partial charge in [0.15, 0.2) is 0 Å². The lowest BCUT2D eigenvalue weighted by Crippen LogP contribution is -2.25. The van der Waals surface area contributed by atoms with Crippen LogP contribution in [0.2, 0.25) is 0 Å². The molecule has 0 aliphatic carbocycles. The lowest BCUT2D eigenvalue weighted by molar-refractivity contribution is 0.414. The molecule has 0 aliphatic rings. The average molecular weight is 312 g/mol. The molecule has 0 saturated carbocycles. The smallest absolute Gasteiger partial charge is 0.128 e. The quantitative estimate of drug-likeness (QED) is 0.440. The molecule has 1 aromatic carbocycles. The zero-order chi connectivity index (χ0) is 16.9. The van der Waals surface area contributed by atoms with Gasteiger partial charge in [-0.1, -0.05) is 44.9 Å². The van der Waals surface area contributed by atoms with E-state index in [2.05, 4.69) is 36.9 Å². The first-order chi connectivity index (χ1) is 11.3. The molecule has 3 heteroatoms. The van der Waals surface area contributed by atoms with E-state index in [0.29, 0.717) is 0 Å². The first-order valence-electron chi connectivity index (χ1n) is 8.42. The normalized spacial score (nSPS) is 11.0. The number of nitriles is 1. The Kier molecular flexibility index (Phi) is 9.31. The van der Waals surface area contributed by atoms with E-state index in [1.807, 2.05) is 18.2 Å². The van der Waals surface area contributed by atoms with Gasteiger partial charge in [-0.05, 0) is 25.0 Å². The molecule has 1 aromatic rings. The maximum absolute atomic E-state index is 8.50. The summed E-state index contributed by atoms with van der Waals surface area (Å²) >= 11 is 0. The molecule has 0 radical (unpaired) electrons. The molecule has 0 amide bonds. The van der Waals surface area contributed by atoms with E-state index in [4.69, 9.17) is 10.00 Å². The molecule has 1 rings (SSSR count). The first-order valence-corrected chi connectivity index (χ1v) is 8.42. The molecule has 3 nitrogen and oxygen atoms in total. The molecule has 0 fully saturated rings. The van der Waals surface area contributed by atoms with Crippen molar-refractivity contribution < 1.29 is 4.74 Å². The van der Waals surface area contributed by atoms with Crippen LogP contribution in [-0.4, -0.2) is 20.2 Å². The van der Waals surface area contributed by atoms with Crippen molar-refractivity contribution in [2.45, 2.75) is 39.5 Å². The van der Waals surface area contributed by atoms with Gasteiger partial charge in [-0.25, -0.2) is 0 Å². The Morgan fingerprint density at radius 2 is 1.83 bits per heavy atom. The van der Waals surface area contributed by atoms with E-state index in [0.717, 1.165) is 24.4 Å². The highest BCUT2D eigenvalue weighted by molar-refractivity contribution is 5.64. The predicted octanol–water partition coefficient (Wildman–Crippen LogP) is 5.19. The highest BCUT2D eigenvalue weighted by Crippen LogP contribution is 2.27. The van der Waals surface area contributed by atoms with Crippen molar-refractivity contribution in [1.82, 2.24) is 0 Å². The van der Waals surface area contributed by atoms with Crippen LogP contribution in [0.3, 0.4) is 0 Å². The van der Waals surface area contributed by atoms with Crippen LogP contribution < -0.4 is 9.64 Å². The Morgan fingerprint density at radius 3 is 2.39 bits per heavy atom. The standard InChI is InChI=1S/C20H28N2O/c1-4-6-15-22(16-7-5-2)19-13-12-18(20(17-19)23-3)11-9-8-10-14-21/h8-13,17H,4-7,15-16H2,1-3H3/b10-8+,11-9+. The summed E-state index contributed by atoms with van der Waals surface area (Å²) in [5.41, 5.74) is 2.23. The second-order valence-electron chi connectivity index (χ2n) is 5.47. The number of methoxy groups -OCH3 is 1. The second kappa shape index (κ2) is 11.4. The number of hydrogen-bond acceptors (Lipinski definition) is 3. The molecular formula is C20H28N2O. The van der Waals surface area contributed by atoms with Gasteiger partial charge < -0.3 is 9.64 Å². The van der Waals surface area contributed by atoms with Crippen molar-refractivity contribution in [3.8, 4) is 11.8 Å². The van der Waals surface area contributed by atoms with Crippen molar-refractivity contribution in [1.29, 1.82) is 5.26 Å². The second-order valence-corrected chi connectivity index (χ2v) is 5.47. The Balaban J connectivity index is 2.95. The zero-order valence-corrected chi connectivity index (χ0v) is 14.6. The van der Waals surface area contributed by atoms with Crippen molar-refractivity contribution in [2.75, 3.05) is 25.1 Å². The molecule has 0 bridgehead atoms. The highest BCUT2D eigenvalue weighted by Gasteiger charge is 2.09. The van der Waals surface area contributed by atoms with Crippen LogP contribution in [-0.2, 0) is 0 Å². The number of allylic oxidation sites excluding steroid dienone is 3. The van der Waals surface area contributed by atoms with Crippen LogP contribution in [0, 0.1) is 11.3 Å². The number of hydrogen-bond donors (Lipinski definition) is 0. The monoisotopic (exact) mass is 312 g/mol. The summed E-state index contributed by atoms with van der Waals surface area (Å²) in [5.74, 6) is 0.863. The summed E-state index contributed by atoms with van der Waals surface area (Å²) in [6, 6.07) is 8.32. The maximum atomic E-state index is 8.50. The molecule has 0 unspecified atom stereocenters. The van der Waals surface area contributed by atoms with Gasteiger partial charge in [-0.2, -0.15) is 5.26 Å². The van der Waals surface area contributed by atoms with E-state index in [1.54, 1.807) is 13.2 Å². The molecule has 0 N–H and O–H groups in total. The van der Waals surface area contributed by atoms with Gasteiger partial charge in [-0.15, -0.1) is 0 Å². The Labute approximate surface area is 140 Å². The first kappa shape index (κ1) is 18.8. The number of ether oxygens (including phenoxy) is 1. The Hall–Kier alpha value is -2.21. The summed E-state index contributed by atoms with van der Waals surface area (Å²) in [4.78, 5) is 2.44. The van der Waals surface area contributed by atoms with E-state index in [9.17, 15) is 0 Å². The molecule has 124 valence electrons. The van der Waals surface area contributed by atoms with Crippen molar-refractivity contribution in [3.05, 3.63) is 42.0 Å². The third-order valence-corrected chi connectivity index (χ3v) is 3.70. The van der Waals surface area contributed by atoms with Gasteiger partial charge in [0.2, 0.25) is 0 Å². The molecule has 0 heterocycles. The lowest BCUT2D eigenvalue weighted by atomic mass is 10.1. The minimum absolute atomic E-state index is 0.863. The fourth-order valence-electron chi connectivity index (χ4n) is 2.36. The fourth-order valence-corrected chi connectivity index (χ4v) is 2.36. The van der Waals surface area contributed by atoms with Gasteiger partial charge in [0, 0.05) is 36.5 Å². The van der Waals surface area contributed by atoms with E-state index in [1.165, 1.54) is 37.4 Å². The molecular weight excluding hydrogens is 284 g/mol. The zero-order valence-electron chi connectivity index (χ0n) is 14.6. The summed E-state index contributed by atoms with van der Waals surface area (Å²) in [7, 11) is 1.70. The van der Waals surface area contributed by atoms with Crippen LogP contribution in [0.5, 0.6) is 5.75 Å². The summed E-state index contributed by atoms with van der Waals surface area (Å²) < 4.78 is 5.54. The maximum Gasteiger partial charge on any atom is 0.128 e. The Morgan fingerprint density at radius 1 is 1.13 bits per heavy atom. The number of unbranched alkanes of at least 4 members (excludes halogenated alkanes) is 2. The average Bonchev–Trinajstić information content (AvgIpc) is 2.59. The largest absolute Gasteiger partial charge is 0.496 e. The number of anilines is 1. The minimum Gasteiger partial charge on any atom is -0.496 e. The molecule has 0 aromatic heterocycles. The lowest BCUT2D eigenvalue weighted by Gasteiger charge is -2.25. The van der Waals surface area contributed by atoms with Crippen LogP contribution >= 0.6 is 0 Å². The van der Waals surface area contributed by atoms with E-state index < -0.39 is 0 Å². The number of rotatable bonds is 10. The van der Waals surface area contributed by atoms with E-state index in [-0.39, 0.29) is 0 Å². The van der Waals surface area contributed by atoms with Crippen LogP contribution in [0.15, 0.2) is 36.4 Å². The molecule has 0 spiro atoms.